The van der Waals surface area contributed by atoms with Crippen LogP contribution in [-0.2, 0) is 4.74 Å². The molecule has 0 bridgehead atoms. The van der Waals surface area contributed by atoms with Crippen LogP contribution in [0.1, 0.15) is 104 Å². The lowest BCUT2D eigenvalue weighted by Gasteiger charge is -2.39. The summed E-state index contributed by atoms with van der Waals surface area (Å²) in [5.74, 6) is 4.00. The van der Waals surface area contributed by atoms with Crippen molar-refractivity contribution in [2.75, 3.05) is 0 Å². The predicted octanol–water partition coefficient (Wildman–Crippen LogP) is 7.30. The zero-order chi connectivity index (χ0) is 17.5. The molecule has 1 nitrogen and oxygen atoms in total. The summed E-state index contributed by atoms with van der Waals surface area (Å²) in [4.78, 5) is 0. The minimum atomic E-state index is 0.588. The average Bonchev–Trinajstić information content (AvgIpc) is 3.12. The van der Waals surface area contributed by atoms with Gasteiger partial charge in [-0.3, -0.25) is 0 Å². The third-order valence-electron chi connectivity index (χ3n) is 7.63. The van der Waals surface area contributed by atoms with E-state index >= 15 is 0 Å². The van der Waals surface area contributed by atoms with E-state index < -0.39 is 0 Å². The highest BCUT2D eigenvalue weighted by Gasteiger charge is 2.36. The monoisotopic (exact) mass is 346 g/mol. The Labute approximate surface area is 157 Å². The summed E-state index contributed by atoms with van der Waals surface area (Å²) in [5, 5.41) is 0. The van der Waals surface area contributed by atoms with E-state index in [1.165, 1.54) is 89.9 Å². The Morgan fingerprint density at radius 1 is 0.760 bits per heavy atom. The normalized spacial score (nSPS) is 39.9. The van der Waals surface area contributed by atoms with Gasteiger partial charge in [0, 0.05) is 0 Å². The van der Waals surface area contributed by atoms with Crippen molar-refractivity contribution in [2.45, 2.75) is 116 Å². The fraction of sp³-hybridized carbons (Fsp3) is 0.917. The first-order chi connectivity index (χ1) is 12.3. The minimum Gasteiger partial charge on any atom is -0.375 e. The molecule has 0 aromatic rings. The maximum atomic E-state index is 6.38. The number of ether oxygens (including phenoxy) is 1. The zero-order valence-electron chi connectivity index (χ0n) is 16.9. The molecule has 3 fully saturated rings. The SMILES string of the molecule is C/C=C/CCC1CCC(C2CCC(C3CCC(CCC)O3)CC2)CC1. The molecule has 0 N–H and O–H groups in total. The van der Waals surface area contributed by atoms with Crippen molar-refractivity contribution < 1.29 is 4.74 Å². The first-order valence-corrected chi connectivity index (χ1v) is 11.6. The molecule has 2 atom stereocenters. The van der Waals surface area contributed by atoms with Gasteiger partial charge >= 0.3 is 0 Å². The van der Waals surface area contributed by atoms with Crippen LogP contribution < -0.4 is 0 Å². The van der Waals surface area contributed by atoms with Gasteiger partial charge in [-0.25, -0.2) is 0 Å². The Kier molecular flexibility index (Phi) is 7.90. The highest BCUT2D eigenvalue weighted by molar-refractivity contribution is 4.87. The molecule has 1 saturated heterocycles. The number of rotatable bonds is 7. The summed E-state index contributed by atoms with van der Waals surface area (Å²) in [5.41, 5.74) is 0. The highest BCUT2D eigenvalue weighted by Crippen LogP contribution is 2.44. The van der Waals surface area contributed by atoms with E-state index in [0.717, 1.165) is 23.7 Å². The lowest BCUT2D eigenvalue weighted by Crippen LogP contribution is -2.30. The topological polar surface area (TPSA) is 9.23 Å². The van der Waals surface area contributed by atoms with E-state index in [0.29, 0.717) is 12.2 Å². The molecule has 144 valence electrons. The molecule has 2 unspecified atom stereocenters. The van der Waals surface area contributed by atoms with Crippen LogP contribution in [-0.4, -0.2) is 12.2 Å². The minimum absolute atomic E-state index is 0.588. The molecule has 3 aliphatic rings. The van der Waals surface area contributed by atoms with Gasteiger partial charge in [-0.2, -0.15) is 0 Å². The molecule has 2 saturated carbocycles. The Morgan fingerprint density at radius 2 is 1.40 bits per heavy atom. The molecule has 0 spiro atoms. The van der Waals surface area contributed by atoms with E-state index in [1.54, 1.807) is 0 Å². The van der Waals surface area contributed by atoms with E-state index in [1.807, 2.05) is 0 Å². The molecule has 1 aliphatic heterocycles. The largest absolute Gasteiger partial charge is 0.375 e. The Balaban J connectivity index is 1.34. The Bertz CT molecular complexity index is 385. The molecule has 3 rings (SSSR count). The van der Waals surface area contributed by atoms with Crippen molar-refractivity contribution >= 4 is 0 Å². The van der Waals surface area contributed by atoms with Gasteiger partial charge in [-0.15, -0.1) is 0 Å². The van der Waals surface area contributed by atoms with Gasteiger partial charge in [-0.05, 0) is 101 Å². The van der Waals surface area contributed by atoms with Crippen molar-refractivity contribution in [3.8, 4) is 0 Å². The molecule has 0 aromatic heterocycles. The molecule has 2 aliphatic carbocycles. The third kappa shape index (κ3) is 5.59. The van der Waals surface area contributed by atoms with Crippen molar-refractivity contribution in [1.29, 1.82) is 0 Å². The van der Waals surface area contributed by atoms with Gasteiger partial charge in [0.15, 0.2) is 0 Å². The first kappa shape index (κ1) is 19.5. The smallest absolute Gasteiger partial charge is 0.0608 e. The van der Waals surface area contributed by atoms with Crippen LogP contribution in [0.4, 0.5) is 0 Å². The zero-order valence-corrected chi connectivity index (χ0v) is 16.9. The molecule has 0 aromatic carbocycles. The summed E-state index contributed by atoms with van der Waals surface area (Å²) < 4.78 is 6.38. The fourth-order valence-corrected chi connectivity index (χ4v) is 6.05. The lowest BCUT2D eigenvalue weighted by molar-refractivity contribution is -0.0114. The number of allylic oxidation sites excluding steroid dienone is 2. The first-order valence-electron chi connectivity index (χ1n) is 11.6. The summed E-state index contributed by atoms with van der Waals surface area (Å²) in [6, 6.07) is 0. The maximum absolute atomic E-state index is 6.38. The third-order valence-corrected chi connectivity index (χ3v) is 7.63. The Morgan fingerprint density at radius 3 is 2.04 bits per heavy atom. The number of hydrogen-bond donors (Lipinski definition) is 0. The molecular weight excluding hydrogens is 304 g/mol. The second-order valence-electron chi connectivity index (χ2n) is 9.26. The Hall–Kier alpha value is -0.300. The molecule has 0 radical (unpaired) electrons. The van der Waals surface area contributed by atoms with Crippen LogP contribution in [0.25, 0.3) is 0 Å². The second kappa shape index (κ2) is 10.1. The van der Waals surface area contributed by atoms with E-state index in [4.69, 9.17) is 4.74 Å². The van der Waals surface area contributed by atoms with Gasteiger partial charge < -0.3 is 4.74 Å². The summed E-state index contributed by atoms with van der Waals surface area (Å²) >= 11 is 0. The van der Waals surface area contributed by atoms with Crippen molar-refractivity contribution in [3.05, 3.63) is 12.2 Å². The van der Waals surface area contributed by atoms with Gasteiger partial charge in [0.05, 0.1) is 12.2 Å². The predicted molar refractivity (Wildman–Crippen MR) is 108 cm³/mol. The summed E-state index contributed by atoms with van der Waals surface area (Å²) in [6.45, 7) is 4.44. The maximum Gasteiger partial charge on any atom is 0.0608 e. The standard InChI is InChI=1S/C24H42O/c1-3-5-6-8-19-9-11-20(12-10-19)21-13-15-22(16-14-21)24-18-17-23(25-24)7-4-2/h3,5,19-24H,4,6-18H2,1-2H3/b5-3+. The quantitative estimate of drug-likeness (QED) is 0.439. The fourth-order valence-electron chi connectivity index (χ4n) is 6.05. The average molecular weight is 347 g/mol. The van der Waals surface area contributed by atoms with Crippen LogP contribution in [0, 0.1) is 23.7 Å². The van der Waals surface area contributed by atoms with Crippen LogP contribution in [0.5, 0.6) is 0 Å². The molecular formula is C24H42O. The molecule has 0 amide bonds. The number of hydrogen-bond acceptors (Lipinski definition) is 1. The summed E-state index contributed by atoms with van der Waals surface area (Å²) in [6.07, 6.45) is 25.7. The van der Waals surface area contributed by atoms with Crippen LogP contribution in [0.2, 0.25) is 0 Å². The van der Waals surface area contributed by atoms with Crippen molar-refractivity contribution in [3.63, 3.8) is 0 Å². The molecule has 1 heterocycles. The van der Waals surface area contributed by atoms with Gasteiger partial charge in [0.1, 0.15) is 0 Å². The van der Waals surface area contributed by atoms with Crippen LogP contribution in [0.3, 0.4) is 0 Å². The highest BCUT2D eigenvalue weighted by atomic mass is 16.5. The molecule has 25 heavy (non-hydrogen) atoms. The molecule has 1 heteroatoms. The van der Waals surface area contributed by atoms with Crippen molar-refractivity contribution in [2.24, 2.45) is 23.7 Å². The van der Waals surface area contributed by atoms with E-state index in [-0.39, 0.29) is 0 Å². The second-order valence-corrected chi connectivity index (χ2v) is 9.26. The summed E-state index contributed by atoms with van der Waals surface area (Å²) in [7, 11) is 0. The van der Waals surface area contributed by atoms with Crippen LogP contribution >= 0.6 is 0 Å². The van der Waals surface area contributed by atoms with Crippen molar-refractivity contribution in [1.82, 2.24) is 0 Å². The lowest BCUT2D eigenvalue weighted by atomic mass is 9.68. The van der Waals surface area contributed by atoms with E-state index in [9.17, 15) is 0 Å². The van der Waals surface area contributed by atoms with E-state index in [2.05, 4.69) is 26.0 Å². The van der Waals surface area contributed by atoms with Gasteiger partial charge in [0.25, 0.3) is 0 Å². The van der Waals surface area contributed by atoms with Crippen LogP contribution in [0.15, 0.2) is 12.2 Å². The van der Waals surface area contributed by atoms with Gasteiger partial charge in [0.2, 0.25) is 0 Å². The van der Waals surface area contributed by atoms with Gasteiger partial charge in [-0.1, -0.05) is 38.3 Å².